The second-order valence-corrected chi connectivity index (χ2v) is 13.6. The second kappa shape index (κ2) is 10.7. The van der Waals surface area contributed by atoms with Crippen LogP contribution < -0.4 is 27.5 Å². The van der Waals surface area contributed by atoms with Crippen LogP contribution in [0.5, 0.6) is 0 Å². The summed E-state index contributed by atoms with van der Waals surface area (Å²) >= 11 is 2.40. The Bertz CT molecular complexity index is 1770. The first-order valence-electron chi connectivity index (χ1n) is 12.2. The number of imidazole rings is 2. The molecule has 0 bridgehead atoms. The van der Waals surface area contributed by atoms with Crippen LogP contribution in [0.2, 0.25) is 0 Å². The van der Waals surface area contributed by atoms with Crippen LogP contribution in [0.15, 0.2) is 22.2 Å². The molecule has 2 aliphatic rings. The third-order valence-electron chi connectivity index (χ3n) is 6.75. The molecule has 2 aliphatic heterocycles. The van der Waals surface area contributed by atoms with Crippen molar-refractivity contribution in [2.24, 2.45) is 0 Å². The van der Waals surface area contributed by atoms with E-state index in [-0.39, 0.29) is 53.7 Å². The second-order valence-electron chi connectivity index (χ2n) is 9.42. The number of aromatic amines is 2. The zero-order valence-corrected chi connectivity index (χ0v) is 23.5. The van der Waals surface area contributed by atoms with E-state index in [9.17, 15) is 24.7 Å². The van der Waals surface area contributed by atoms with Crippen LogP contribution in [0.1, 0.15) is 25.3 Å². The van der Waals surface area contributed by atoms with Crippen molar-refractivity contribution < 1.29 is 33.6 Å². The molecule has 0 spiro atoms. The van der Waals surface area contributed by atoms with Gasteiger partial charge < -0.3 is 0 Å². The van der Waals surface area contributed by atoms with Gasteiger partial charge in [0, 0.05) is 0 Å². The van der Waals surface area contributed by atoms with E-state index >= 15 is 0 Å². The maximum atomic E-state index is 13.2. The fourth-order valence-electron chi connectivity index (χ4n) is 4.85. The van der Waals surface area contributed by atoms with E-state index in [0.29, 0.717) is 0 Å². The molecule has 2 saturated heterocycles. The molecule has 19 nitrogen and oxygen atoms in total. The molecule has 0 saturated carbocycles. The fourth-order valence-corrected chi connectivity index (χ4v) is 6.87. The van der Waals surface area contributed by atoms with E-state index in [1.807, 2.05) is 0 Å². The number of aromatic nitrogens is 8. The number of nitrogens with one attached hydrogen (secondary N) is 2. The van der Waals surface area contributed by atoms with Gasteiger partial charge in [0.05, 0.1) is 0 Å². The molecule has 220 valence electrons. The Balaban J connectivity index is 1.11. The van der Waals surface area contributed by atoms with Crippen LogP contribution in [0.4, 0.5) is 11.9 Å². The van der Waals surface area contributed by atoms with Gasteiger partial charge in [-0.3, -0.25) is 0 Å². The van der Waals surface area contributed by atoms with Crippen molar-refractivity contribution in [2.75, 3.05) is 24.7 Å². The molecule has 6 rings (SSSR count). The third-order valence-corrected chi connectivity index (χ3v) is 8.95. The minimum absolute atomic E-state index is 0.0497. The molecule has 4 aromatic rings. The van der Waals surface area contributed by atoms with Crippen molar-refractivity contribution in [3.8, 4) is 0 Å². The summed E-state index contributed by atoms with van der Waals surface area (Å²) in [6, 6.07) is 0. The van der Waals surface area contributed by atoms with Gasteiger partial charge in [-0.05, 0) is 0 Å². The molecule has 0 amide bonds. The van der Waals surface area contributed by atoms with Gasteiger partial charge in [-0.15, -0.1) is 0 Å². The quantitative estimate of drug-likeness (QED) is 0.0810. The van der Waals surface area contributed by atoms with Gasteiger partial charge in [-0.2, -0.15) is 0 Å². The van der Waals surface area contributed by atoms with E-state index in [1.54, 1.807) is 0 Å². The van der Waals surface area contributed by atoms with E-state index in [0.717, 1.165) is 0 Å². The first kappa shape index (κ1) is 28.1. The summed E-state index contributed by atoms with van der Waals surface area (Å²) in [4.78, 5) is 58.4. The zero-order chi connectivity index (χ0) is 29.1. The van der Waals surface area contributed by atoms with Crippen molar-refractivity contribution in [1.82, 2.24) is 39.0 Å². The average Bonchev–Trinajstić information content (AvgIpc) is 3.67. The van der Waals surface area contributed by atoms with Gasteiger partial charge in [0.25, 0.3) is 0 Å². The maximum absolute atomic E-state index is 13.2. The van der Waals surface area contributed by atoms with Gasteiger partial charge in [0.2, 0.25) is 0 Å². The number of fused-ring (bicyclic) bond motifs is 2. The molecule has 0 aliphatic carbocycles. The molecule has 7 atom stereocenters. The van der Waals surface area contributed by atoms with Gasteiger partial charge in [0.15, 0.2) is 0 Å². The van der Waals surface area contributed by atoms with Crippen LogP contribution in [0.25, 0.3) is 22.3 Å². The van der Waals surface area contributed by atoms with Gasteiger partial charge in [0.1, 0.15) is 0 Å². The van der Waals surface area contributed by atoms with Crippen molar-refractivity contribution >= 4 is 55.5 Å². The van der Waals surface area contributed by atoms with Crippen molar-refractivity contribution in [1.29, 1.82) is 0 Å². The Morgan fingerprint density at radius 3 is 2.12 bits per heavy atom. The first-order chi connectivity index (χ1) is 19.5. The normalized spacial score (nSPS) is 28.1. The van der Waals surface area contributed by atoms with Crippen molar-refractivity contribution in [2.45, 2.75) is 49.7 Å². The van der Waals surface area contributed by atoms with Crippen LogP contribution >= 0.6 is 6.19 Å². The monoisotopic (exact) mass is 659 g/mol. The SMILES string of the molecule is Nc1nc2c(ncn2[C@H]2C[C@H](OP([O-])(=[Se])OC[C@H]3O[C@@H](n4cnc5c(=O)[nH]c(N)nc54)C[C@@H]3O)[C@@H](CO)O2)c(=O)[nH]1. The summed E-state index contributed by atoms with van der Waals surface area (Å²) in [7, 11) is 0. The molecule has 2 fully saturated rings. The van der Waals surface area contributed by atoms with Crippen LogP contribution in [0.3, 0.4) is 0 Å². The summed E-state index contributed by atoms with van der Waals surface area (Å²) in [5.74, 6) is -0.208. The Kier molecular flexibility index (Phi) is 7.31. The summed E-state index contributed by atoms with van der Waals surface area (Å²) < 4.78 is 25.9. The predicted octanol–water partition coefficient (Wildman–Crippen LogP) is -3.05. The van der Waals surface area contributed by atoms with Gasteiger partial charge in [-0.25, -0.2) is 0 Å². The molecule has 0 aromatic carbocycles. The number of rotatable bonds is 8. The number of nitrogen functional groups attached to an aromatic ring is 2. The summed E-state index contributed by atoms with van der Waals surface area (Å²) in [5, 5.41) is 20.4. The third kappa shape index (κ3) is 5.34. The van der Waals surface area contributed by atoms with Crippen molar-refractivity contribution in [3.05, 3.63) is 33.4 Å². The topological polar surface area (TPSA) is 280 Å². The standard InChI is InChI=1S/C20H25N10O9PSe/c21-19-25-15-13(17(33)27-19)23-5-29(15)11-1-7(32)10(38-11)4-36-40(35,41)39-8-2-12(37-9(8)3-31)30-6-24-14-16(30)26-20(22)28-18(14)34/h5-12,31-32H,1-4H2,(H,35,41)(H3,21,25,27,33)(H3,22,26,28,34)/p-1/t7-,8-,9+,10+,11+,12+,40?/m0/s1. The zero-order valence-electron chi connectivity index (χ0n) is 20.9. The van der Waals surface area contributed by atoms with Crippen LogP contribution in [0, 0.1) is 0 Å². The Hall–Kier alpha value is -3.03. The Morgan fingerprint density at radius 2 is 1.56 bits per heavy atom. The fraction of sp³-hybridized carbons (Fsp3) is 0.500. The number of nitrogens with two attached hydrogens (primary N) is 2. The summed E-state index contributed by atoms with van der Waals surface area (Å²) in [6.07, 6.45) is -6.19. The first-order valence-corrected chi connectivity index (χ1v) is 16.0. The number of aliphatic hydroxyl groups is 2. The Morgan fingerprint density at radius 1 is 1.02 bits per heavy atom. The molecular formula is C20H24N10O9PSe-. The van der Waals surface area contributed by atoms with Crippen LogP contribution in [-0.2, 0) is 18.5 Å². The molecule has 6 heterocycles. The number of nitrogens with zero attached hydrogens (tertiary/aromatic N) is 6. The number of hydrogen-bond acceptors (Lipinski definition) is 15. The molecule has 1 unspecified atom stereocenters. The Labute approximate surface area is 235 Å². The van der Waals surface area contributed by atoms with Gasteiger partial charge >= 0.3 is 236 Å². The van der Waals surface area contributed by atoms with E-state index in [2.05, 4.69) is 45.0 Å². The van der Waals surface area contributed by atoms with E-state index in [1.165, 1.54) is 21.8 Å². The molecule has 0 radical (unpaired) electrons. The van der Waals surface area contributed by atoms with Crippen molar-refractivity contribution in [3.63, 3.8) is 0 Å². The van der Waals surface area contributed by atoms with Gasteiger partial charge in [-0.1, -0.05) is 0 Å². The van der Waals surface area contributed by atoms with E-state index in [4.69, 9.17) is 30.0 Å². The minimum atomic E-state index is -3.89. The molecular weight excluding hydrogens is 634 g/mol. The summed E-state index contributed by atoms with van der Waals surface area (Å²) in [6.45, 7) is -0.778. The number of H-pyrrole nitrogens is 2. The molecule has 8 N–H and O–H groups in total. The average molecular weight is 658 g/mol. The number of ether oxygens (including phenoxy) is 2. The predicted molar refractivity (Wildman–Crippen MR) is 139 cm³/mol. The number of aliphatic hydroxyl groups excluding tert-OH is 2. The number of hydrogen-bond donors (Lipinski definition) is 6. The molecule has 41 heavy (non-hydrogen) atoms. The van der Waals surface area contributed by atoms with E-state index < -0.39 is 60.8 Å². The molecule has 4 aromatic heterocycles. The molecule has 21 heteroatoms. The number of anilines is 2. The summed E-state index contributed by atoms with van der Waals surface area (Å²) in [5.41, 5.74) is 10.7. The van der Waals surface area contributed by atoms with Crippen LogP contribution in [-0.4, -0.2) is 102 Å².